The maximum Gasteiger partial charge on any atom is 0.410 e. The molecule has 30 heavy (non-hydrogen) atoms. The van der Waals surface area contributed by atoms with Gasteiger partial charge in [-0.1, -0.05) is 6.07 Å². The van der Waals surface area contributed by atoms with Crippen LogP contribution >= 0.6 is 15.9 Å². The van der Waals surface area contributed by atoms with Crippen LogP contribution in [0.2, 0.25) is 0 Å². The zero-order valence-corrected chi connectivity index (χ0v) is 17.1. The van der Waals surface area contributed by atoms with E-state index in [9.17, 15) is 23.1 Å². The van der Waals surface area contributed by atoms with E-state index in [0.29, 0.717) is 5.76 Å². The number of carbonyl (C=O) groups is 1. The van der Waals surface area contributed by atoms with Crippen LogP contribution in [0.25, 0.3) is 0 Å². The second-order valence-corrected chi connectivity index (χ2v) is 7.73. The summed E-state index contributed by atoms with van der Waals surface area (Å²) in [7, 11) is 0. The zero-order valence-electron chi connectivity index (χ0n) is 15.5. The molecule has 11 heteroatoms. The van der Waals surface area contributed by atoms with E-state index in [1.165, 1.54) is 12.3 Å². The van der Waals surface area contributed by atoms with Crippen LogP contribution in [0.4, 0.5) is 24.7 Å². The smallest absolute Gasteiger partial charge is 0.410 e. The van der Waals surface area contributed by atoms with Crippen molar-refractivity contribution in [3.8, 4) is 5.75 Å². The molecule has 2 atom stereocenters. The molecular formula is C19H16BrF3N4O3. The number of aryl methyl sites for hydroxylation is 1. The number of halogens is 4. The fourth-order valence-electron chi connectivity index (χ4n) is 3.34. The molecule has 1 aliphatic rings. The van der Waals surface area contributed by atoms with Crippen LogP contribution in [-0.2, 0) is 0 Å². The van der Waals surface area contributed by atoms with Gasteiger partial charge in [-0.15, -0.1) is 0 Å². The number of nitrogens with zero attached hydrogens (tertiary/aromatic N) is 2. The highest BCUT2D eigenvalue weighted by Crippen LogP contribution is 2.46. The van der Waals surface area contributed by atoms with Crippen molar-refractivity contribution >= 4 is 33.3 Å². The third-order valence-electron chi connectivity index (χ3n) is 4.80. The van der Waals surface area contributed by atoms with E-state index in [2.05, 4.69) is 31.7 Å². The van der Waals surface area contributed by atoms with E-state index in [4.69, 9.17) is 4.42 Å². The number of alkyl halides is 3. The molecule has 1 aromatic carbocycles. The average molecular weight is 485 g/mol. The first-order valence-corrected chi connectivity index (χ1v) is 9.70. The monoisotopic (exact) mass is 484 g/mol. The van der Waals surface area contributed by atoms with Gasteiger partial charge in [0.2, 0.25) is 0 Å². The molecule has 0 radical (unpaired) electrons. The lowest BCUT2D eigenvalue weighted by molar-refractivity contribution is -0.174. The number of hydrogen-bond donors (Lipinski definition) is 3. The first-order valence-electron chi connectivity index (χ1n) is 8.90. The largest absolute Gasteiger partial charge is 0.506 e. The van der Waals surface area contributed by atoms with Gasteiger partial charge >= 0.3 is 6.18 Å². The third-order valence-corrected chi connectivity index (χ3v) is 5.55. The van der Waals surface area contributed by atoms with Crippen LogP contribution in [0, 0.1) is 6.92 Å². The Morgan fingerprint density at radius 2 is 2.17 bits per heavy atom. The summed E-state index contributed by atoms with van der Waals surface area (Å²) in [4.78, 5) is 12.7. The number of phenols is 1. The summed E-state index contributed by atoms with van der Waals surface area (Å²) in [5.74, 6) is -0.567. The maximum absolute atomic E-state index is 13.8. The minimum Gasteiger partial charge on any atom is -0.506 e. The normalized spacial score (nSPS) is 18.6. The van der Waals surface area contributed by atoms with Gasteiger partial charge in [-0.05, 0) is 52.7 Å². The van der Waals surface area contributed by atoms with Gasteiger partial charge in [0.15, 0.2) is 11.7 Å². The van der Waals surface area contributed by atoms with Crippen molar-refractivity contribution in [2.75, 3.05) is 10.6 Å². The number of phenolic OH excluding ortho intramolecular Hbond substituents is 1. The minimum absolute atomic E-state index is 0.0172. The number of benzene rings is 1. The molecule has 158 valence electrons. The summed E-state index contributed by atoms with van der Waals surface area (Å²) in [6, 6.07) is 5.09. The van der Waals surface area contributed by atoms with E-state index in [1.54, 1.807) is 31.2 Å². The molecule has 0 unspecified atom stereocenters. The standard InChI is InChI=1S/C19H16BrF3N4O3/c1-9-4-5-12(28)10(7-9)25-18(29)16-15(20)17-24-11(13-3-2-6-30-13)8-14(19(21,22)23)27(17)26-16/h2-7,11,14,24,28H,8H2,1H3,(H,25,29)/t11-,14+/m1/s1. The van der Waals surface area contributed by atoms with Gasteiger partial charge in [0, 0.05) is 6.42 Å². The minimum atomic E-state index is -4.59. The summed E-state index contributed by atoms with van der Waals surface area (Å²) in [6.07, 6.45) is -3.55. The Labute approximate surface area is 177 Å². The van der Waals surface area contributed by atoms with E-state index in [1.807, 2.05) is 0 Å². The molecule has 0 aliphatic carbocycles. The molecule has 1 amide bonds. The highest BCUT2D eigenvalue weighted by molar-refractivity contribution is 9.10. The Bertz CT molecular complexity index is 1100. The molecule has 0 spiro atoms. The van der Waals surface area contributed by atoms with Gasteiger partial charge in [-0.3, -0.25) is 4.79 Å². The topological polar surface area (TPSA) is 92.3 Å². The van der Waals surface area contributed by atoms with Gasteiger partial charge in [-0.25, -0.2) is 4.68 Å². The summed E-state index contributed by atoms with van der Waals surface area (Å²) >= 11 is 3.20. The molecule has 0 fully saturated rings. The molecule has 1 aliphatic heterocycles. The number of aromatic nitrogens is 2. The summed E-state index contributed by atoms with van der Waals surface area (Å²) in [6.45, 7) is 1.77. The van der Waals surface area contributed by atoms with E-state index in [0.717, 1.165) is 10.2 Å². The van der Waals surface area contributed by atoms with Gasteiger partial charge in [0.25, 0.3) is 5.91 Å². The number of fused-ring (bicyclic) bond motifs is 1. The lowest BCUT2D eigenvalue weighted by Crippen LogP contribution is -2.35. The van der Waals surface area contributed by atoms with Gasteiger partial charge < -0.3 is 20.2 Å². The van der Waals surface area contributed by atoms with Crippen molar-refractivity contribution in [3.63, 3.8) is 0 Å². The number of rotatable bonds is 3. The Kier molecular flexibility index (Phi) is 5.00. The fourth-order valence-corrected chi connectivity index (χ4v) is 3.90. The van der Waals surface area contributed by atoms with Crippen LogP contribution in [0.3, 0.4) is 0 Å². The van der Waals surface area contributed by atoms with Crippen molar-refractivity contribution in [3.05, 3.63) is 58.1 Å². The summed E-state index contributed by atoms with van der Waals surface area (Å²) < 4.78 is 47.4. The summed E-state index contributed by atoms with van der Waals surface area (Å²) in [5.41, 5.74) is 0.672. The predicted molar refractivity (Wildman–Crippen MR) is 106 cm³/mol. The van der Waals surface area contributed by atoms with Gasteiger partial charge in [0.05, 0.1) is 22.5 Å². The number of carbonyl (C=O) groups excluding carboxylic acids is 1. The Hall–Kier alpha value is -2.95. The number of nitrogens with one attached hydrogen (secondary N) is 2. The molecular weight excluding hydrogens is 469 g/mol. The third kappa shape index (κ3) is 3.64. The molecule has 4 rings (SSSR count). The SMILES string of the molecule is Cc1ccc(O)c(NC(=O)c2nn3c(c2Br)N[C@@H](c2ccco2)C[C@H]3C(F)(F)F)c1. The molecule has 3 aromatic rings. The van der Waals surface area contributed by atoms with Gasteiger partial charge in [-0.2, -0.15) is 18.3 Å². The Morgan fingerprint density at radius 1 is 1.40 bits per heavy atom. The molecule has 0 saturated heterocycles. The fraction of sp³-hybridized carbons (Fsp3) is 0.263. The second-order valence-electron chi connectivity index (χ2n) is 6.94. The summed E-state index contributed by atoms with van der Waals surface area (Å²) in [5, 5.41) is 19.3. The predicted octanol–water partition coefficient (Wildman–Crippen LogP) is 5.17. The van der Waals surface area contributed by atoms with Crippen LogP contribution in [-0.4, -0.2) is 27.0 Å². The van der Waals surface area contributed by atoms with Gasteiger partial charge in [0.1, 0.15) is 17.3 Å². The molecule has 3 N–H and O–H groups in total. The first-order chi connectivity index (χ1) is 14.1. The molecule has 0 bridgehead atoms. The maximum atomic E-state index is 13.8. The first kappa shape index (κ1) is 20.3. The number of amides is 1. The lowest BCUT2D eigenvalue weighted by Gasteiger charge is -2.32. The Balaban J connectivity index is 1.71. The number of aromatic hydroxyl groups is 1. The average Bonchev–Trinajstić information content (AvgIpc) is 3.32. The highest BCUT2D eigenvalue weighted by Gasteiger charge is 2.48. The van der Waals surface area contributed by atoms with E-state index in [-0.39, 0.29) is 33.8 Å². The highest BCUT2D eigenvalue weighted by atomic mass is 79.9. The van der Waals surface area contributed by atoms with Crippen molar-refractivity contribution < 1.29 is 27.5 Å². The molecule has 2 aromatic heterocycles. The number of anilines is 2. The van der Waals surface area contributed by atoms with Crippen LogP contribution in [0.1, 0.15) is 40.3 Å². The quantitative estimate of drug-likeness (QED) is 0.446. The van der Waals surface area contributed by atoms with E-state index >= 15 is 0 Å². The number of hydrogen-bond acceptors (Lipinski definition) is 5. The van der Waals surface area contributed by atoms with Crippen LogP contribution < -0.4 is 10.6 Å². The zero-order chi connectivity index (χ0) is 21.6. The van der Waals surface area contributed by atoms with Crippen molar-refractivity contribution in [1.82, 2.24) is 9.78 Å². The van der Waals surface area contributed by atoms with Crippen molar-refractivity contribution in [2.24, 2.45) is 0 Å². The second kappa shape index (κ2) is 7.38. The van der Waals surface area contributed by atoms with Crippen LogP contribution in [0.5, 0.6) is 5.75 Å². The lowest BCUT2D eigenvalue weighted by atomic mass is 10.0. The molecule has 7 nitrogen and oxygen atoms in total. The molecule has 3 heterocycles. The van der Waals surface area contributed by atoms with E-state index < -0.39 is 24.2 Å². The number of furan rings is 1. The van der Waals surface area contributed by atoms with Crippen LogP contribution in [0.15, 0.2) is 45.5 Å². The Morgan fingerprint density at radius 3 is 2.83 bits per heavy atom. The molecule has 0 saturated carbocycles. The van der Waals surface area contributed by atoms with Crippen molar-refractivity contribution in [1.29, 1.82) is 0 Å². The van der Waals surface area contributed by atoms with Crippen molar-refractivity contribution in [2.45, 2.75) is 31.6 Å².